The van der Waals surface area contributed by atoms with Crippen molar-refractivity contribution in [2.45, 2.75) is 27.7 Å². The van der Waals surface area contributed by atoms with Crippen molar-refractivity contribution in [2.75, 3.05) is 0 Å². The van der Waals surface area contributed by atoms with E-state index >= 15 is 0 Å². The quantitative estimate of drug-likeness (QED) is 0.518. The first-order chi connectivity index (χ1) is 10.1. The first kappa shape index (κ1) is 14.1. The number of hydrogen-bond acceptors (Lipinski definition) is 1. The summed E-state index contributed by atoms with van der Waals surface area (Å²) in [4.78, 5) is 2.81. The van der Waals surface area contributed by atoms with Crippen molar-refractivity contribution in [3.05, 3.63) is 69.4 Å². The SMILES string of the molecule is Cc1ccccc1-c1c(C)sc(C)c1-c1ccccc1C. The summed E-state index contributed by atoms with van der Waals surface area (Å²) >= 11 is 1.90. The van der Waals surface area contributed by atoms with Gasteiger partial charge in [0.2, 0.25) is 0 Å². The van der Waals surface area contributed by atoms with Crippen LogP contribution in [0.4, 0.5) is 0 Å². The molecule has 0 aliphatic carbocycles. The van der Waals surface area contributed by atoms with E-state index in [0.29, 0.717) is 0 Å². The Morgan fingerprint density at radius 2 is 0.952 bits per heavy atom. The molecular weight excluding hydrogens is 272 g/mol. The number of benzene rings is 2. The molecule has 1 heteroatoms. The average Bonchev–Trinajstić information content (AvgIpc) is 2.75. The fourth-order valence-corrected chi connectivity index (χ4v) is 4.13. The lowest BCUT2D eigenvalue weighted by molar-refractivity contribution is 1.42. The third kappa shape index (κ3) is 2.43. The van der Waals surface area contributed by atoms with Crippen LogP contribution in [0.25, 0.3) is 22.3 Å². The van der Waals surface area contributed by atoms with E-state index in [0.717, 1.165) is 0 Å². The highest BCUT2D eigenvalue weighted by molar-refractivity contribution is 7.13. The average molecular weight is 292 g/mol. The Morgan fingerprint density at radius 1 is 0.571 bits per heavy atom. The Bertz CT molecular complexity index is 727. The summed E-state index contributed by atoms with van der Waals surface area (Å²) in [6.45, 7) is 8.87. The van der Waals surface area contributed by atoms with Crippen LogP contribution in [0.1, 0.15) is 20.9 Å². The molecule has 0 N–H and O–H groups in total. The molecule has 21 heavy (non-hydrogen) atoms. The van der Waals surface area contributed by atoms with Gasteiger partial charge in [-0.1, -0.05) is 48.5 Å². The highest BCUT2D eigenvalue weighted by atomic mass is 32.1. The lowest BCUT2D eigenvalue weighted by atomic mass is 9.91. The molecule has 0 saturated heterocycles. The molecule has 0 atom stereocenters. The second-order valence-corrected chi connectivity index (χ2v) is 7.02. The first-order valence-electron chi connectivity index (χ1n) is 7.31. The third-order valence-corrected chi connectivity index (χ3v) is 5.11. The Balaban J connectivity index is 2.33. The molecule has 3 rings (SSSR count). The Labute approximate surface area is 131 Å². The fourth-order valence-electron chi connectivity index (χ4n) is 3.04. The topological polar surface area (TPSA) is 0 Å². The van der Waals surface area contributed by atoms with Crippen LogP contribution in [0.15, 0.2) is 48.5 Å². The van der Waals surface area contributed by atoms with Crippen molar-refractivity contribution in [2.24, 2.45) is 0 Å². The van der Waals surface area contributed by atoms with Crippen LogP contribution in [0.5, 0.6) is 0 Å². The van der Waals surface area contributed by atoms with Crippen LogP contribution < -0.4 is 0 Å². The van der Waals surface area contributed by atoms with E-state index in [1.165, 1.54) is 43.1 Å². The van der Waals surface area contributed by atoms with Gasteiger partial charge >= 0.3 is 0 Å². The largest absolute Gasteiger partial charge is 0.145 e. The van der Waals surface area contributed by atoms with Crippen LogP contribution in [0, 0.1) is 27.7 Å². The van der Waals surface area contributed by atoms with E-state index in [9.17, 15) is 0 Å². The Hall–Kier alpha value is -1.86. The summed E-state index contributed by atoms with van der Waals surface area (Å²) in [7, 11) is 0. The molecule has 0 amide bonds. The third-order valence-electron chi connectivity index (χ3n) is 4.09. The van der Waals surface area contributed by atoms with E-state index in [1.807, 2.05) is 11.3 Å². The standard InChI is InChI=1S/C20H20S/c1-13-9-5-7-11-17(13)19-15(3)21-16(4)20(19)18-12-8-6-10-14(18)2/h5-12H,1-4H3. The van der Waals surface area contributed by atoms with Crippen LogP contribution in [0.3, 0.4) is 0 Å². The highest BCUT2D eigenvalue weighted by Crippen LogP contribution is 2.44. The van der Waals surface area contributed by atoms with E-state index < -0.39 is 0 Å². The molecule has 1 heterocycles. The zero-order chi connectivity index (χ0) is 15.0. The number of aryl methyl sites for hydroxylation is 4. The maximum atomic E-state index is 2.24. The van der Waals surface area contributed by atoms with Gasteiger partial charge < -0.3 is 0 Å². The number of rotatable bonds is 2. The van der Waals surface area contributed by atoms with Gasteiger partial charge in [0.05, 0.1) is 0 Å². The van der Waals surface area contributed by atoms with Crippen LogP contribution in [-0.2, 0) is 0 Å². The summed E-state index contributed by atoms with van der Waals surface area (Å²) < 4.78 is 0. The minimum Gasteiger partial charge on any atom is -0.145 e. The van der Waals surface area contributed by atoms with Gasteiger partial charge in [0.15, 0.2) is 0 Å². The minimum atomic E-state index is 1.34. The van der Waals surface area contributed by atoms with Crippen molar-refractivity contribution in [1.29, 1.82) is 0 Å². The van der Waals surface area contributed by atoms with Gasteiger partial charge in [-0.3, -0.25) is 0 Å². The molecule has 0 radical (unpaired) electrons. The van der Waals surface area contributed by atoms with Crippen molar-refractivity contribution in [3.63, 3.8) is 0 Å². The first-order valence-corrected chi connectivity index (χ1v) is 8.13. The molecule has 1 aromatic heterocycles. The zero-order valence-corrected chi connectivity index (χ0v) is 13.8. The molecule has 0 unspecified atom stereocenters. The van der Waals surface area contributed by atoms with Gasteiger partial charge in [-0.15, -0.1) is 11.3 Å². The van der Waals surface area contributed by atoms with Crippen molar-refractivity contribution in [1.82, 2.24) is 0 Å². The predicted molar refractivity (Wildman–Crippen MR) is 94.1 cm³/mol. The zero-order valence-electron chi connectivity index (χ0n) is 13.0. The van der Waals surface area contributed by atoms with E-state index in [-0.39, 0.29) is 0 Å². The van der Waals surface area contributed by atoms with Gasteiger partial charge in [-0.25, -0.2) is 0 Å². The fraction of sp³-hybridized carbons (Fsp3) is 0.200. The smallest absolute Gasteiger partial charge is 0.0102 e. The van der Waals surface area contributed by atoms with Gasteiger partial charge in [0.1, 0.15) is 0 Å². The second-order valence-electron chi connectivity index (χ2n) is 5.59. The molecule has 106 valence electrons. The molecule has 0 fully saturated rings. The molecule has 0 nitrogen and oxygen atoms in total. The van der Waals surface area contributed by atoms with Crippen LogP contribution in [-0.4, -0.2) is 0 Å². The normalized spacial score (nSPS) is 10.9. The van der Waals surface area contributed by atoms with E-state index in [4.69, 9.17) is 0 Å². The Kier molecular flexibility index (Phi) is 3.69. The molecule has 0 bridgehead atoms. The van der Waals surface area contributed by atoms with Gasteiger partial charge in [0.25, 0.3) is 0 Å². The highest BCUT2D eigenvalue weighted by Gasteiger charge is 2.18. The second kappa shape index (κ2) is 5.50. The molecular formula is C20H20S. The molecule has 0 spiro atoms. The summed E-state index contributed by atoms with van der Waals surface area (Å²) in [6, 6.07) is 17.4. The molecule has 2 aromatic carbocycles. The van der Waals surface area contributed by atoms with Crippen molar-refractivity contribution >= 4 is 11.3 Å². The van der Waals surface area contributed by atoms with E-state index in [2.05, 4.69) is 76.2 Å². The molecule has 3 aromatic rings. The maximum absolute atomic E-state index is 2.24. The van der Waals surface area contributed by atoms with Crippen LogP contribution >= 0.6 is 11.3 Å². The number of hydrogen-bond donors (Lipinski definition) is 0. The van der Waals surface area contributed by atoms with E-state index in [1.54, 1.807) is 0 Å². The minimum absolute atomic E-state index is 1.34. The molecule has 0 saturated carbocycles. The summed E-state index contributed by atoms with van der Waals surface area (Å²) in [6.07, 6.45) is 0. The number of thiophene rings is 1. The van der Waals surface area contributed by atoms with Crippen molar-refractivity contribution in [3.8, 4) is 22.3 Å². The maximum Gasteiger partial charge on any atom is 0.0102 e. The Morgan fingerprint density at radius 3 is 1.33 bits per heavy atom. The molecule has 0 aliphatic heterocycles. The monoisotopic (exact) mass is 292 g/mol. The summed E-state index contributed by atoms with van der Waals surface area (Å²) in [5.74, 6) is 0. The van der Waals surface area contributed by atoms with Crippen molar-refractivity contribution < 1.29 is 0 Å². The summed E-state index contributed by atoms with van der Waals surface area (Å²) in [5.41, 5.74) is 8.21. The predicted octanol–water partition coefficient (Wildman–Crippen LogP) is 6.32. The van der Waals surface area contributed by atoms with Gasteiger partial charge in [-0.2, -0.15) is 0 Å². The summed E-state index contributed by atoms with van der Waals surface area (Å²) in [5, 5.41) is 0. The lowest BCUT2D eigenvalue weighted by Crippen LogP contribution is -1.89. The lowest BCUT2D eigenvalue weighted by Gasteiger charge is -2.12. The van der Waals surface area contributed by atoms with Gasteiger partial charge in [-0.05, 0) is 49.9 Å². The van der Waals surface area contributed by atoms with Gasteiger partial charge in [0, 0.05) is 20.9 Å². The van der Waals surface area contributed by atoms with Crippen LogP contribution in [0.2, 0.25) is 0 Å². The molecule has 0 aliphatic rings.